The van der Waals surface area contributed by atoms with Crippen molar-refractivity contribution >= 4 is 39.7 Å². The molecule has 3 aromatic rings. The minimum Gasteiger partial charge on any atom is -0.366 e. The van der Waals surface area contributed by atoms with E-state index >= 15 is 0 Å². The van der Waals surface area contributed by atoms with E-state index in [1.807, 2.05) is 11.4 Å². The van der Waals surface area contributed by atoms with Gasteiger partial charge in [0.2, 0.25) is 5.91 Å². The van der Waals surface area contributed by atoms with Gasteiger partial charge in [-0.2, -0.15) is 0 Å². The summed E-state index contributed by atoms with van der Waals surface area (Å²) in [6, 6.07) is 13.5. The van der Waals surface area contributed by atoms with Gasteiger partial charge in [0, 0.05) is 34.1 Å². The molecule has 2 amide bonds. The molecule has 7 heteroatoms. The van der Waals surface area contributed by atoms with Crippen LogP contribution in [0.15, 0.2) is 60.1 Å². The molecule has 0 radical (unpaired) electrons. The van der Waals surface area contributed by atoms with Gasteiger partial charge >= 0.3 is 0 Å². The van der Waals surface area contributed by atoms with Crippen molar-refractivity contribution < 1.29 is 9.59 Å². The fourth-order valence-corrected chi connectivity index (χ4v) is 2.62. The van der Waals surface area contributed by atoms with Crippen LogP contribution >= 0.6 is 11.3 Å². The molecule has 2 aromatic carbocycles. The Morgan fingerprint density at radius 1 is 1.00 bits per heavy atom. The van der Waals surface area contributed by atoms with Gasteiger partial charge in [-0.15, -0.1) is 11.3 Å². The van der Waals surface area contributed by atoms with Crippen molar-refractivity contribution in [1.82, 2.24) is 4.98 Å². The minimum absolute atomic E-state index is 0.246. The summed E-state index contributed by atoms with van der Waals surface area (Å²) < 4.78 is 0. The zero-order chi connectivity index (χ0) is 16.9. The second-order valence-corrected chi connectivity index (χ2v) is 5.83. The molecule has 1 heterocycles. The van der Waals surface area contributed by atoms with E-state index in [1.165, 1.54) is 11.3 Å². The predicted octanol–water partition coefficient (Wildman–Crippen LogP) is 3.24. The van der Waals surface area contributed by atoms with Gasteiger partial charge in [0.25, 0.3) is 5.91 Å². The Hall–Kier alpha value is -3.19. The molecule has 6 nitrogen and oxygen atoms in total. The molecule has 0 aliphatic heterocycles. The SMILES string of the molecule is NC(=O)c1ccc(NC(=O)c2cccc(Nc3nccs3)c2)cc1. The molecule has 4 N–H and O–H groups in total. The van der Waals surface area contributed by atoms with Crippen LogP contribution in [0.2, 0.25) is 0 Å². The zero-order valence-corrected chi connectivity index (χ0v) is 13.3. The first-order valence-electron chi connectivity index (χ1n) is 7.09. The van der Waals surface area contributed by atoms with E-state index in [4.69, 9.17) is 5.73 Å². The molecule has 120 valence electrons. The number of nitrogens with zero attached hydrogens (tertiary/aromatic N) is 1. The standard InChI is InChI=1S/C17H14N4O2S/c18-15(22)11-4-6-13(7-5-11)20-16(23)12-2-1-3-14(10-12)21-17-19-8-9-24-17/h1-10H,(H2,18,22)(H,19,21)(H,20,23). The van der Waals surface area contributed by atoms with E-state index in [0.717, 1.165) is 10.8 Å². The third-order valence-corrected chi connectivity index (χ3v) is 3.92. The van der Waals surface area contributed by atoms with Crippen LogP contribution in [0.1, 0.15) is 20.7 Å². The number of benzene rings is 2. The van der Waals surface area contributed by atoms with E-state index in [-0.39, 0.29) is 5.91 Å². The molecule has 0 saturated carbocycles. The molecule has 24 heavy (non-hydrogen) atoms. The number of anilines is 3. The van der Waals surface area contributed by atoms with Crippen LogP contribution in [-0.2, 0) is 0 Å². The summed E-state index contributed by atoms with van der Waals surface area (Å²) in [5.41, 5.74) is 7.46. The Kier molecular flexibility index (Phi) is 4.53. The third-order valence-electron chi connectivity index (χ3n) is 3.24. The molecule has 0 aliphatic rings. The van der Waals surface area contributed by atoms with Crippen molar-refractivity contribution in [2.75, 3.05) is 10.6 Å². The van der Waals surface area contributed by atoms with Crippen LogP contribution < -0.4 is 16.4 Å². The maximum Gasteiger partial charge on any atom is 0.255 e. The van der Waals surface area contributed by atoms with Gasteiger partial charge in [-0.05, 0) is 42.5 Å². The number of hydrogen-bond donors (Lipinski definition) is 3. The van der Waals surface area contributed by atoms with Crippen LogP contribution in [0.4, 0.5) is 16.5 Å². The maximum atomic E-state index is 12.3. The van der Waals surface area contributed by atoms with Gasteiger partial charge in [-0.3, -0.25) is 9.59 Å². The average molecular weight is 338 g/mol. The highest BCUT2D eigenvalue weighted by atomic mass is 32.1. The Morgan fingerprint density at radius 3 is 2.46 bits per heavy atom. The normalized spacial score (nSPS) is 10.2. The van der Waals surface area contributed by atoms with Gasteiger partial charge in [0.1, 0.15) is 0 Å². The number of nitrogens with one attached hydrogen (secondary N) is 2. The summed E-state index contributed by atoms with van der Waals surface area (Å²) in [5, 5.41) is 8.55. The molecule has 0 fully saturated rings. The lowest BCUT2D eigenvalue weighted by molar-refractivity contribution is 0.0998. The highest BCUT2D eigenvalue weighted by Crippen LogP contribution is 2.20. The van der Waals surface area contributed by atoms with Gasteiger partial charge in [-0.25, -0.2) is 4.98 Å². The van der Waals surface area contributed by atoms with Gasteiger partial charge in [0.05, 0.1) is 0 Å². The van der Waals surface area contributed by atoms with E-state index in [1.54, 1.807) is 48.7 Å². The molecule has 0 atom stereocenters. The first-order chi connectivity index (χ1) is 11.6. The molecule has 1 aromatic heterocycles. The molecule has 0 saturated heterocycles. The molecule has 3 rings (SSSR count). The van der Waals surface area contributed by atoms with E-state index < -0.39 is 5.91 Å². The molecule has 0 aliphatic carbocycles. The zero-order valence-electron chi connectivity index (χ0n) is 12.5. The van der Waals surface area contributed by atoms with E-state index in [9.17, 15) is 9.59 Å². The summed E-state index contributed by atoms with van der Waals surface area (Å²) in [7, 11) is 0. The molecular weight excluding hydrogens is 324 g/mol. The predicted molar refractivity (Wildman–Crippen MR) is 94.8 cm³/mol. The Balaban J connectivity index is 1.71. The molecule has 0 bridgehead atoms. The van der Waals surface area contributed by atoms with Crippen LogP contribution in [0, 0.1) is 0 Å². The summed E-state index contributed by atoms with van der Waals surface area (Å²) in [5.74, 6) is -0.751. The molecule has 0 spiro atoms. The van der Waals surface area contributed by atoms with Gasteiger partial charge in [0.15, 0.2) is 5.13 Å². The largest absolute Gasteiger partial charge is 0.366 e. The number of primary amides is 1. The van der Waals surface area contributed by atoms with Crippen molar-refractivity contribution in [3.8, 4) is 0 Å². The van der Waals surface area contributed by atoms with Crippen molar-refractivity contribution in [2.24, 2.45) is 5.73 Å². The van der Waals surface area contributed by atoms with Gasteiger partial charge in [-0.1, -0.05) is 6.07 Å². The average Bonchev–Trinajstić information content (AvgIpc) is 3.08. The highest BCUT2D eigenvalue weighted by molar-refractivity contribution is 7.13. The second kappa shape index (κ2) is 6.93. The molecular formula is C17H14N4O2S. The Bertz CT molecular complexity index is 861. The first-order valence-corrected chi connectivity index (χ1v) is 7.97. The lowest BCUT2D eigenvalue weighted by atomic mass is 10.1. The second-order valence-electron chi connectivity index (χ2n) is 4.94. The van der Waals surface area contributed by atoms with Crippen LogP contribution in [0.5, 0.6) is 0 Å². The smallest absolute Gasteiger partial charge is 0.255 e. The number of carbonyl (C=O) groups excluding carboxylic acids is 2. The number of amides is 2. The number of nitrogens with two attached hydrogens (primary N) is 1. The topological polar surface area (TPSA) is 97.1 Å². The molecule has 0 unspecified atom stereocenters. The fraction of sp³-hybridized carbons (Fsp3) is 0. The fourth-order valence-electron chi connectivity index (χ4n) is 2.07. The summed E-state index contributed by atoms with van der Waals surface area (Å²) in [6.45, 7) is 0. The minimum atomic E-state index is -0.506. The third kappa shape index (κ3) is 3.76. The monoisotopic (exact) mass is 338 g/mol. The number of carbonyl (C=O) groups is 2. The lowest BCUT2D eigenvalue weighted by Crippen LogP contribution is -2.13. The Labute approximate surface area is 142 Å². The maximum absolute atomic E-state index is 12.3. The van der Waals surface area contributed by atoms with Crippen LogP contribution in [0.3, 0.4) is 0 Å². The van der Waals surface area contributed by atoms with E-state index in [0.29, 0.717) is 16.8 Å². The number of rotatable bonds is 5. The Morgan fingerprint density at radius 2 is 1.79 bits per heavy atom. The summed E-state index contributed by atoms with van der Waals surface area (Å²) in [6.07, 6.45) is 1.71. The van der Waals surface area contributed by atoms with Crippen molar-refractivity contribution in [3.63, 3.8) is 0 Å². The summed E-state index contributed by atoms with van der Waals surface area (Å²) in [4.78, 5) is 27.5. The van der Waals surface area contributed by atoms with Crippen LogP contribution in [-0.4, -0.2) is 16.8 Å². The number of thiazole rings is 1. The van der Waals surface area contributed by atoms with E-state index in [2.05, 4.69) is 15.6 Å². The van der Waals surface area contributed by atoms with Crippen LogP contribution in [0.25, 0.3) is 0 Å². The number of aromatic nitrogens is 1. The summed E-state index contributed by atoms with van der Waals surface area (Å²) >= 11 is 1.48. The quantitative estimate of drug-likeness (QED) is 0.665. The van der Waals surface area contributed by atoms with Gasteiger partial charge < -0.3 is 16.4 Å². The highest BCUT2D eigenvalue weighted by Gasteiger charge is 2.08. The first kappa shape index (κ1) is 15.7. The van der Waals surface area contributed by atoms with Crippen molar-refractivity contribution in [2.45, 2.75) is 0 Å². The van der Waals surface area contributed by atoms with Crippen molar-refractivity contribution in [3.05, 3.63) is 71.2 Å². The number of hydrogen-bond acceptors (Lipinski definition) is 5. The van der Waals surface area contributed by atoms with Crippen molar-refractivity contribution in [1.29, 1.82) is 0 Å². The lowest BCUT2D eigenvalue weighted by Gasteiger charge is -2.08.